The van der Waals surface area contributed by atoms with Crippen LogP contribution in [0.25, 0.3) is 0 Å². The molecule has 1 N–H and O–H groups in total. The minimum absolute atomic E-state index is 0.306. The van der Waals surface area contributed by atoms with Crippen molar-refractivity contribution in [1.29, 1.82) is 0 Å². The summed E-state index contributed by atoms with van der Waals surface area (Å²) >= 11 is 0. The van der Waals surface area contributed by atoms with Gasteiger partial charge in [0.1, 0.15) is 0 Å². The zero-order valence-electron chi connectivity index (χ0n) is 8.84. The first-order valence-corrected chi connectivity index (χ1v) is 5.21. The summed E-state index contributed by atoms with van der Waals surface area (Å²) < 4.78 is 0. The maximum Gasteiger partial charge on any atom is 0.224 e. The van der Waals surface area contributed by atoms with Gasteiger partial charge in [0.05, 0.1) is 0 Å². The number of hydrogen-bond acceptors (Lipinski definition) is 2. The van der Waals surface area contributed by atoms with Gasteiger partial charge < -0.3 is 10.2 Å². The summed E-state index contributed by atoms with van der Waals surface area (Å²) in [7, 11) is 0. The molecule has 1 aliphatic rings. The van der Waals surface area contributed by atoms with E-state index in [1.807, 2.05) is 4.90 Å². The third kappa shape index (κ3) is 2.44. The molecule has 2 atom stereocenters. The molecule has 13 heavy (non-hydrogen) atoms. The average molecular weight is 184 g/mol. The number of nitrogens with zero attached hydrogens (tertiary/aromatic N) is 1. The summed E-state index contributed by atoms with van der Waals surface area (Å²) in [5.74, 6) is 0.306. The molecule has 3 heteroatoms. The Balaban J connectivity index is 2.46. The van der Waals surface area contributed by atoms with Crippen LogP contribution in [0.5, 0.6) is 0 Å². The van der Waals surface area contributed by atoms with Gasteiger partial charge in [0.25, 0.3) is 0 Å². The van der Waals surface area contributed by atoms with Crippen molar-refractivity contribution in [3.05, 3.63) is 0 Å². The van der Waals surface area contributed by atoms with E-state index in [-0.39, 0.29) is 0 Å². The molecule has 1 rings (SSSR count). The van der Waals surface area contributed by atoms with Crippen LogP contribution >= 0.6 is 0 Å². The Kier molecular flexibility index (Phi) is 3.72. The molecule has 0 aromatic rings. The van der Waals surface area contributed by atoms with Crippen LogP contribution in [0.15, 0.2) is 0 Å². The molecule has 2 unspecified atom stereocenters. The molecule has 0 aromatic carbocycles. The lowest BCUT2D eigenvalue weighted by molar-refractivity contribution is -0.129. The lowest BCUT2D eigenvalue weighted by Gasteiger charge is -2.23. The molecular weight excluding hydrogens is 164 g/mol. The van der Waals surface area contributed by atoms with Crippen LogP contribution in [0.4, 0.5) is 0 Å². The van der Waals surface area contributed by atoms with Crippen molar-refractivity contribution in [1.82, 2.24) is 10.2 Å². The number of likely N-dealkylation sites (tertiary alicyclic amines) is 1. The Morgan fingerprint density at radius 2 is 2.31 bits per heavy atom. The number of nitrogens with one attached hydrogen (secondary N) is 1. The van der Waals surface area contributed by atoms with Crippen molar-refractivity contribution < 1.29 is 4.79 Å². The SMILES string of the molecule is CCNC1CC(=O)N(C(C)CC)C1. The number of rotatable bonds is 4. The number of hydrogen-bond donors (Lipinski definition) is 1. The third-order valence-corrected chi connectivity index (χ3v) is 2.77. The molecule has 0 spiro atoms. The summed E-state index contributed by atoms with van der Waals surface area (Å²) in [4.78, 5) is 13.5. The lowest BCUT2D eigenvalue weighted by atomic mass is 10.2. The first-order valence-electron chi connectivity index (χ1n) is 5.21. The van der Waals surface area contributed by atoms with Crippen LogP contribution in [0, 0.1) is 0 Å². The maximum absolute atomic E-state index is 11.5. The Morgan fingerprint density at radius 1 is 1.62 bits per heavy atom. The molecule has 0 aromatic heterocycles. The standard InChI is InChI=1S/C10H20N2O/c1-4-8(3)12-7-9(11-5-2)6-10(12)13/h8-9,11H,4-7H2,1-3H3. The highest BCUT2D eigenvalue weighted by atomic mass is 16.2. The van der Waals surface area contributed by atoms with E-state index in [1.54, 1.807) is 0 Å². The van der Waals surface area contributed by atoms with Gasteiger partial charge in [-0.25, -0.2) is 0 Å². The predicted octanol–water partition coefficient (Wildman–Crippen LogP) is 0.995. The van der Waals surface area contributed by atoms with Gasteiger partial charge in [-0.2, -0.15) is 0 Å². The normalized spacial score (nSPS) is 25.3. The highest BCUT2D eigenvalue weighted by molar-refractivity contribution is 5.79. The summed E-state index contributed by atoms with van der Waals surface area (Å²) in [6.45, 7) is 8.16. The van der Waals surface area contributed by atoms with E-state index in [0.29, 0.717) is 24.4 Å². The fraction of sp³-hybridized carbons (Fsp3) is 0.900. The molecule has 1 heterocycles. The van der Waals surface area contributed by atoms with Crippen LogP contribution in [-0.2, 0) is 4.79 Å². The van der Waals surface area contributed by atoms with Crippen molar-refractivity contribution in [2.24, 2.45) is 0 Å². The van der Waals surface area contributed by atoms with Crippen LogP contribution in [0.2, 0.25) is 0 Å². The van der Waals surface area contributed by atoms with Crippen molar-refractivity contribution in [3.8, 4) is 0 Å². The zero-order chi connectivity index (χ0) is 9.84. The molecule has 76 valence electrons. The molecule has 1 saturated heterocycles. The van der Waals surface area contributed by atoms with E-state index >= 15 is 0 Å². The molecule has 0 radical (unpaired) electrons. The Labute approximate surface area is 80.5 Å². The van der Waals surface area contributed by atoms with Gasteiger partial charge in [-0.05, 0) is 19.9 Å². The Bertz CT molecular complexity index is 182. The first-order chi connectivity index (χ1) is 6.19. The highest BCUT2D eigenvalue weighted by Crippen LogP contribution is 2.15. The number of carbonyl (C=O) groups is 1. The van der Waals surface area contributed by atoms with E-state index in [2.05, 4.69) is 26.1 Å². The molecule has 1 amide bonds. The quantitative estimate of drug-likeness (QED) is 0.707. The van der Waals surface area contributed by atoms with E-state index in [1.165, 1.54) is 0 Å². The van der Waals surface area contributed by atoms with E-state index in [4.69, 9.17) is 0 Å². The largest absolute Gasteiger partial charge is 0.338 e. The summed E-state index contributed by atoms with van der Waals surface area (Å²) in [5.41, 5.74) is 0. The van der Waals surface area contributed by atoms with E-state index in [9.17, 15) is 4.79 Å². The molecule has 0 saturated carbocycles. The van der Waals surface area contributed by atoms with Crippen LogP contribution in [0.1, 0.15) is 33.6 Å². The van der Waals surface area contributed by atoms with Gasteiger partial charge in [0.15, 0.2) is 0 Å². The number of amides is 1. The van der Waals surface area contributed by atoms with Crippen LogP contribution in [0.3, 0.4) is 0 Å². The predicted molar refractivity (Wildman–Crippen MR) is 53.5 cm³/mol. The number of likely N-dealkylation sites (N-methyl/N-ethyl adjacent to an activating group) is 1. The van der Waals surface area contributed by atoms with Gasteiger partial charge >= 0.3 is 0 Å². The van der Waals surface area contributed by atoms with Crippen LogP contribution < -0.4 is 5.32 Å². The maximum atomic E-state index is 11.5. The minimum atomic E-state index is 0.306. The van der Waals surface area contributed by atoms with Gasteiger partial charge in [-0.1, -0.05) is 13.8 Å². The lowest BCUT2D eigenvalue weighted by Crippen LogP contribution is -2.37. The molecule has 1 fully saturated rings. The van der Waals surface area contributed by atoms with Crippen molar-refractivity contribution >= 4 is 5.91 Å². The summed E-state index contributed by atoms with van der Waals surface area (Å²) in [6.07, 6.45) is 1.72. The summed E-state index contributed by atoms with van der Waals surface area (Å²) in [5, 5.41) is 3.32. The fourth-order valence-electron chi connectivity index (χ4n) is 1.80. The molecular formula is C10H20N2O. The van der Waals surface area contributed by atoms with E-state index in [0.717, 1.165) is 19.5 Å². The molecule has 0 bridgehead atoms. The molecule has 1 aliphatic heterocycles. The second-order valence-electron chi connectivity index (χ2n) is 3.76. The topological polar surface area (TPSA) is 32.3 Å². The van der Waals surface area contributed by atoms with Crippen molar-refractivity contribution in [2.45, 2.75) is 45.7 Å². The van der Waals surface area contributed by atoms with Crippen molar-refractivity contribution in [2.75, 3.05) is 13.1 Å². The minimum Gasteiger partial charge on any atom is -0.338 e. The number of carbonyl (C=O) groups excluding carboxylic acids is 1. The van der Waals surface area contributed by atoms with Crippen LogP contribution in [-0.4, -0.2) is 36.0 Å². The highest BCUT2D eigenvalue weighted by Gasteiger charge is 2.30. The van der Waals surface area contributed by atoms with Crippen molar-refractivity contribution in [3.63, 3.8) is 0 Å². The first kappa shape index (κ1) is 10.5. The fourth-order valence-corrected chi connectivity index (χ4v) is 1.80. The molecule has 3 nitrogen and oxygen atoms in total. The van der Waals surface area contributed by atoms with Gasteiger partial charge in [0, 0.05) is 25.0 Å². The van der Waals surface area contributed by atoms with Gasteiger partial charge in [-0.3, -0.25) is 4.79 Å². The van der Waals surface area contributed by atoms with Gasteiger partial charge in [-0.15, -0.1) is 0 Å². The monoisotopic (exact) mass is 184 g/mol. The second kappa shape index (κ2) is 4.61. The second-order valence-corrected chi connectivity index (χ2v) is 3.76. The summed E-state index contributed by atoms with van der Waals surface area (Å²) in [6, 6.07) is 0.780. The Hall–Kier alpha value is -0.570. The average Bonchev–Trinajstić information content (AvgIpc) is 2.46. The zero-order valence-corrected chi connectivity index (χ0v) is 8.84. The van der Waals surface area contributed by atoms with E-state index < -0.39 is 0 Å². The smallest absolute Gasteiger partial charge is 0.224 e. The molecule has 0 aliphatic carbocycles. The third-order valence-electron chi connectivity index (χ3n) is 2.77. The Morgan fingerprint density at radius 3 is 2.85 bits per heavy atom. The van der Waals surface area contributed by atoms with Gasteiger partial charge in [0.2, 0.25) is 5.91 Å².